The predicted molar refractivity (Wildman–Crippen MR) is 100.0 cm³/mol. The Balaban J connectivity index is 1.28. The van der Waals surface area contributed by atoms with Crippen LogP contribution in [0.4, 0.5) is 0 Å². The van der Waals surface area contributed by atoms with Gasteiger partial charge < -0.3 is 14.6 Å². The summed E-state index contributed by atoms with van der Waals surface area (Å²) in [5.41, 5.74) is 2.41. The van der Waals surface area contributed by atoms with Gasteiger partial charge in [-0.25, -0.2) is 4.98 Å². The molecule has 1 aliphatic carbocycles. The molecule has 128 valence electrons. The first kappa shape index (κ1) is 14.3. The van der Waals surface area contributed by atoms with Gasteiger partial charge in [0.05, 0.1) is 4.88 Å². The van der Waals surface area contributed by atoms with Crippen molar-refractivity contribution in [2.45, 2.75) is 18.9 Å². The Hall–Kier alpha value is -1.85. The fourth-order valence-electron chi connectivity index (χ4n) is 5.41. The van der Waals surface area contributed by atoms with Crippen molar-refractivity contribution in [1.29, 1.82) is 0 Å². The summed E-state index contributed by atoms with van der Waals surface area (Å²) in [5, 5.41) is 2.09. The largest absolute Gasteiger partial charge is 0.466 e. The molecule has 2 atom stereocenters. The van der Waals surface area contributed by atoms with Crippen LogP contribution in [0.5, 0.6) is 5.19 Å². The van der Waals surface area contributed by atoms with Crippen molar-refractivity contribution in [2.75, 3.05) is 19.6 Å². The summed E-state index contributed by atoms with van der Waals surface area (Å²) in [6.07, 6.45) is 7.03. The number of aromatic nitrogens is 2. The van der Waals surface area contributed by atoms with Crippen LogP contribution in [0, 0.1) is 17.8 Å². The normalized spacial score (nSPS) is 33.2. The van der Waals surface area contributed by atoms with Crippen LogP contribution in [0.3, 0.4) is 0 Å². The van der Waals surface area contributed by atoms with E-state index in [9.17, 15) is 0 Å². The Morgan fingerprint density at radius 2 is 2.00 bits per heavy atom. The number of benzene rings is 1. The molecule has 7 rings (SSSR count). The van der Waals surface area contributed by atoms with Crippen LogP contribution >= 0.6 is 11.3 Å². The van der Waals surface area contributed by atoms with Crippen LogP contribution in [0.25, 0.3) is 21.3 Å². The second-order valence-corrected chi connectivity index (χ2v) is 8.89. The highest BCUT2D eigenvalue weighted by Crippen LogP contribution is 2.45. The lowest BCUT2D eigenvalue weighted by atomic mass is 9.66. The fraction of sp³-hybridized carbons (Fsp3) is 0.450. The summed E-state index contributed by atoms with van der Waals surface area (Å²) >= 11 is 1.69. The first-order valence-electron chi connectivity index (χ1n) is 9.25. The average molecular weight is 351 g/mol. The number of hydrogen-bond acceptors (Lipinski definition) is 4. The van der Waals surface area contributed by atoms with Crippen LogP contribution < -0.4 is 4.74 Å². The maximum Gasteiger partial charge on any atom is 0.274 e. The van der Waals surface area contributed by atoms with E-state index in [-0.39, 0.29) is 0 Å². The van der Waals surface area contributed by atoms with Gasteiger partial charge in [-0.1, -0.05) is 23.5 Å². The molecule has 25 heavy (non-hydrogen) atoms. The highest BCUT2D eigenvalue weighted by molar-refractivity contribution is 7.16. The number of nitrogens with zero attached hydrogens (tertiary/aromatic N) is 2. The smallest absolute Gasteiger partial charge is 0.274 e. The molecule has 1 saturated carbocycles. The van der Waals surface area contributed by atoms with Gasteiger partial charge >= 0.3 is 0 Å². The number of piperidine rings is 3. The molecule has 4 aliphatic rings. The molecule has 4 bridgehead atoms. The average Bonchev–Trinajstić information content (AvgIpc) is 3.26. The second kappa shape index (κ2) is 5.32. The molecule has 4 fully saturated rings. The van der Waals surface area contributed by atoms with Crippen LogP contribution in [0.15, 0.2) is 36.7 Å². The van der Waals surface area contributed by atoms with Gasteiger partial charge in [0.2, 0.25) is 0 Å². The molecule has 5 heteroatoms. The third kappa shape index (κ3) is 2.26. The number of rotatable bonds is 3. The highest BCUT2D eigenvalue weighted by Gasteiger charge is 2.48. The number of fused-ring (bicyclic) bond motifs is 1. The second-order valence-electron chi connectivity index (χ2n) is 7.89. The summed E-state index contributed by atoms with van der Waals surface area (Å²) in [4.78, 5) is 11.7. The standard InChI is InChI=1S/C20H21N3OS/c1-2-16(15-4-5-21-17(15)3-1)18-8-22-20(25-18)24-19-13-6-12-7-14(19)11-23(9-12)10-13/h1-5,8,12-14,19,21H,6-7,9-11H2/t12?,13-,14-,19?/m0/s1. The number of H-pyrrole nitrogens is 1. The molecule has 0 unspecified atom stereocenters. The molecule has 2 aromatic heterocycles. The van der Waals surface area contributed by atoms with Crippen molar-refractivity contribution in [1.82, 2.24) is 14.9 Å². The van der Waals surface area contributed by atoms with Gasteiger partial charge in [0.25, 0.3) is 5.19 Å². The number of aromatic amines is 1. The molecule has 3 aliphatic heterocycles. The minimum absolute atomic E-state index is 0.370. The minimum atomic E-state index is 0.370. The summed E-state index contributed by atoms with van der Waals surface area (Å²) in [7, 11) is 0. The number of nitrogens with one attached hydrogen (secondary N) is 1. The van der Waals surface area contributed by atoms with Gasteiger partial charge in [-0.3, -0.25) is 0 Å². The molecular formula is C20H21N3OS. The molecular weight excluding hydrogens is 330 g/mol. The van der Waals surface area contributed by atoms with Gasteiger partial charge in [-0.15, -0.1) is 0 Å². The SMILES string of the molecule is c1cc(-c2cnc(OC3[C@H]4CC5C[C@H]3CN(C5)C4)s2)c2cc[nH]c2c1. The van der Waals surface area contributed by atoms with Crippen molar-refractivity contribution in [3.05, 3.63) is 36.7 Å². The summed E-state index contributed by atoms with van der Waals surface area (Å²) in [6.45, 7) is 3.76. The van der Waals surface area contributed by atoms with Crippen LogP contribution in [0.2, 0.25) is 0 Å². The maximum absolute atomic E-state index is 6.46. The first-order valence-corrected chi connectivity index (χ1v) is 10.1. The summed E-state index contributed by atoms with van der Waals surface area (Å²) in [6, 6.07) is 8.52. The molecule has 3 saturated heterocycles. The number of ether oxygens (including phenoxy) is 1. The molecule has 0 radical (unpaired) electrons. The van der Waals surface area contributed by atoms with Crippen molar-refractivity contribution >= 4 is 22.2 Å². The highest BCUT2D eigenvalue weighted by atomic mass is 32.1. The Morgan fingerprint density at radius 3 is 2.84 bits per heavy atom. The quantitative estimate of drug-likeness (QED) is 0.775. The molecule has 1 N–H and O–H groups in total. The molecule has 4 nitrogen and oxygen atoms in total. The van der Waals surface area contributed by atoms with E-state index in [1.807, 2.05) is 12.4 Å². The van der Waals surface area contributed by atoms with Gasteiger partial charge in [-0.2, -0.15) is 0 Å². The van der Waals surface area contributed by atoms with Gasteiger partial charge in [0, 0.05) is 60.3 Å². The third-order valence-corrected chi connectivity index (χ3v) is 7.21. The van der Waals surface area contributed by atoms with Crippen molar-refractivity contribution in [3.8, 4) is 15.6 Å². The fourth-order valence-corrected chi connectivity index (χ4v) is 6.26. The molecule has 0 amide bonds. The van der Waals surface area contributed by atoms with E-state index in [2.05, 4.69) is 39.1 Å². The lowest BCUT2D eigenvalue weighted by molar-refractivity contribution is -0.0985. The zero-order valence-electron chi connectivity index (χ0n) is 14.0. The lowest BCUT2D eigenvalue weighted by Crippen LogP contribution is -2.61. The molecule has 3 aromatic rings. The monoisotopic (exact) mass is 351 g/mol. The summed E-state index contributed by atoms with van der Waals surface area (Å²) < 4.78 is 6.46. The Kier molecular flexibility index (Phi) is 3.05. The van der Waals surface area contributed by atoms with E-state index in [0.717, 1.165) is 11.1 Å². The minimum Gasteiger partial charge on any atom is -0.466 e. The molecule has 0 spiro atoms. The Bertz CT molecular complexity index is 902. The summed E-state index contributed by atoms with van der Waals surface area (Å²) in [5.74, 6) is 2.31. The zero-order chi connectivity index (χ0) is 16.4. The van der Waals surface area contributed by atoms with E-state index >= 15 is 0 Å². The third-order valence-electron chi connectivity index (χ3n) is 6.29. The first-order chi connectivity index (χ1) is 12.3. The van der Waals surface area contributed by atoms with Gasteiger partial charge in [-0.05, 0) is 30.9 Å². The van der Waals surface area contributed by atoms with Crippen molar-refractivity contribution in [3.63, 3.8) is 0 Å². The van der Waals surface area contributed by atoms with Crippen LogP contribution in [-0.4, -0.2) is 40.6 Å². The predicted octanol–water partition coefficient (Wildman–Crippen LogP) is 4.01. The molecule has 5 heterocycles. The van der Waals surface area contributed by atoms with Gasteiger partial charge in [0.1, 0.15) is 6.10 Å². The van der Waals surface area contributed by atoms with E-state index < -0.39 is 0 Å². The van der Waals surface area contributed by atoms with Crippen LogP contribution in [0.1, 0.15) is 12.8 Å². The van der Waals surface area contributed by atoms with E-state index in [4.69, 9.17) is 4.74 Å². The Labute approximate surface area is 150 Å². The Morgan fingerprint density at radius 1 is 1.12 bits per heavy atom. The topological polar surface area (TPSA) is 41.1 Å². The maximum atomic E-state index is 6.46. The zero-order valence-corrected chi connectivity index (χ0v) is 14.8. The van der Waals surface area contributed by atoms with E-state index in [0.29, 0.717) is 17.9 Å². The van der Waals surface area contributed by atoms with Crippen molar-refractivity contribution < 1.29 is 4.74 Å². The van der Waals surface area contributed by atoms with E-state index in [1.54, 1.807) is 11.3 Å². The number of thiazole rings is 1. The number of hydrogen-bond donors (Lipinski definition) is 1. The lowest BCUT2D eigenvalue weighted by Gasteiger charge is -2.55. The molecule has 1 aromatic carbocycles. The van der Waals surface area contributed by atoms with Crippen LogP contribution in [-0.2, 0) is 0 Å². The van der Waals surface area contributed by atoms with Crippen molar-refractivity contribution in [2.24, 2.45) is 17.8 Å². The van der Waals surface area contributed by atoms with E-state index in [1.165, 1.54) is 53.8 Å². The van der Waals surface area contributed by atoms with Gasteiger partial charge in [0.15, 0.2) is 0 Å².